The molecule has 0 spiro atoms. The number of benzene rings is 1. The van der Waals surface area contributed by atoms with Gasteiger partial charge in [0, 0.05) is 35.7 Å². The number of nitrogens with zero attached hydrogens (tertiary/aromatic N) is 3. The SMILES string of the molecule is Cc1ccc(NC(=O)COC(=O)Cc2csc(N3CCCC3=O)n2)cc1[N+](=O)[O-]. The van der Waals surface area contributed by atoms with Gasteiger partial charge in [-0.05, 0) is 19.4 Å². The Kier molecular flexibility index (Phi) is 6.17. The van der Waals surface area contributed by atoms with Gasteiger partial charge >= 0.3 is 5.97 Å². The molecule has 0 radical (unpaired) electrons. The summed E-state index contributed by atoms with van der Waals surface area (Å²) in [7, 11) is 0. The normalized spacial score (nSPS) is 13.4. The van der Waals surface area contributed by atoms with Gasteiger partial charge in [-0.3, -0.25) is 29.4 Å². The van der Waals surface area contributed by atoms with Crippen molar-refractivity contribution in [3.8, 4) is 0 Å². The fraction of sp³-hybridized carbons (Fsp3) is 0.333. The van der Waals surface area contributed by atoms with Crippen LogP contribution in [0, 0.1) is 17.0 Å². The number of hydrogen-bond acceptors (Lipinski definition) is 8. The van der Waals surface area contributed by atoms with Crippen molar-refractivity contribution >= 4 is 45.6 Å². The number of nitro groups is 1. The molecule has 2 aromatic rings. The molecule has 1 aliphatic rings. The molecule has 0 atom stereocenters. The summed E-state index contributed by atoms with van der Waals surface area (Å²) in [6.45, 7) is 1.69. The van der Waals surface area contributed by atoms with Crippen molar-refractivity contribution in [2.45, 2.75) is 26.2 Å². The van der Waals surface area contributed by atoms with Crippen molar-refractivity contribution in [1.82, 2.24) is 4.98 Å². The van der Waals surface area contributed by atoms with E-state index in [0.29, 0.717) is 29.4 Å². The summed E-state index contributed by atoms with van der Waals surface area (Å²) in [4.78, 5) is 51.9. The van der Waals surface area contributed by atoms with Crippen LogP contribution in [0.25, 0.3) is 0 Å². The second-order valence-electron chi connectivity index (χ2n) is 6.41. The van der Waals surface area contributed by atoms with Crippen LogP contribution < -0.4 is 10.2 Å². The number of rotatable bonds is 7. The van der Waals surface area contributed by atoms with Crippen LogP contribution in [0.3, 0.4) is 0 Å². The molecule has 3 rings (SSSR count). The van der Waals surface area contributed by atoms with E-state index in [1.165, 1.54) is 29.5 Å². The minimum atomic E-state index is -0.639. The van der Waals surface area contributed by atoms with Crippen LogP contribution in [-0.4, -0.2) is 40.8 Å². The Balaban J connectivity index is 1.49. The summed E-state index contributed by atoms with van der Waals surface area (Å²) in [5, 5.41) is 15.6. The molecule has 1 aliphatic heterocycles. The van der Waals surface area contributed by atoms with E-state index in [1.807, 2.05) is 0 Å². The average molecular weight is 418 g/mol. The molecule has 2 amide bonds. The van der Waals surface area contributed by atoms with Crippen LogP contribution >= 0.6 is 11.3 Å². The third-order valence-electron chi connectivity index (χ3n) is 4.22. The molecule has 0 unspecified atom stereocenters. The van der Waals surface area contributed by atoms with Crippen molar-refractivity contribution in [3.63, 3.8) is 0 Å². The van der Waals surface area contributed by atoms with Crippen molar-refractivity contribution in [2.75, 3.05) is 23.4 Å². The van der Waals surface area contributed by atoms with Crippen LogP contribution in [0.2, 0.25) is 0 Å². The van der Waals surface area contributed by atoms with Crippen molar-refractivity contribution in [1.29, 1.82) is 0 Å². The van der Waals surface area contributed by atoms with E-state index in [-0.39, 0.29) is 23.7 Å². The maximum atomic E-state index is 11.9. The summed E-state index contributed by atoms with van der Waals surface area (Å²) >= 11 is 1.28. The Morgan fingerprint density at radius 1 is 1.41 bits per heavy atom. The van der Waals surface area contributed by atoms with Gasteiger partial charge in [0.2, 0.25) is 5.91 Å². The number of nitro benzene ring substituents is 1. The zero-order valence-corrected chi connectivity index (χ0v) is 16.4. The summed E-state index contributed by atoms with van der Waals surface area (Å²) in [5.41, 5.74) is 1.06. The molecular formula is C18H18N4O6S. The first-order valence-electron chi connectivity index (χ1n) is 8.79. The number of ether oxygens (including phenoxy) is 1. The standard InChI is InChI=1S/C18H18N4O6S/c1-11-4-5-12(7-14(11)22(26)27)19-15(23)9-28-17(25)8-13-10-29-18(20-13)21-6-2-3-16(21)24/h4-5,7,10H,2-3,6,8-9H2,1H3,(H,19,23). The van der Waals surface area contributed by atoms with E-state index in [0.717, 1.165) is 6.42 Å². The highest BCUT2D eigenvalue weighted by atomic mass is 32.1. The van der Waals surface area contributed by atoms with Gasteiger partial charge in [-0.25, -0.2) is 4.98 Å². The summed E-state index contributed by atoms with van der Waals surface area (Å²) < 4.78 is 4.94. The molecule has 2 heterocycles. The van der Waals surface area contributed by atoms with Crippen molar-refractivity contribution in [3.05, 3.63) is 45.0 Å². The lowest BCUT2D eigenvalue weighted by atomic mass is 10.2. The Bertz CT molecular complexity index is 973. The van der Waals surface area contributed by atoms with E-state index in [9.17, 15) is 24.5 Å². The maximum Gasteiger partial charge on any atom is 0.312 e. The summed E-state index contributed by atoms with van der Waals surface area (Å²) in [6, 6.07) is 4.29. The third kappa shape index (κ3) is 5.13. The fourth-order valence-electron chi connectivity index (χ4n) is 2.78. The summed E-state index contributed by atoms with van der Waals surface area (Å²) in [6.07, 6.45) is 1.16. The van der Waals surface area contributed by atoms with Gasteiger partial charge < -0.3 is 10.1 Å². The maximum absolute atomic E-state index is 11.9. The highest BCUT2D eigenvalue weighted by Gasteiger charge is 2.24. The van der Waals surface area contributed by atoms with Gasteiger partial charge in [0.1, 0.15) is 0 Å². The minimum absolute atomic E-state index is 0.0153. The molecule has 0 bridgehead atoms. The molecule has 1 fully saturated rings. The number of anilines is 2. The fourth-order valence-corrected chi connectivity index (χ4v) is 3.65. The number of carbonyl (C=O) groups excluding carboxylic acids is 3. The van der Waals surface area contributed by atoms with Gasteiger partial charge in [0.25, 0.3) is 11.6 Å². The minimum Gasteiger partial charge on any atom is -0.455 e. The van der Waals surface area contributed by atoms with Gasteiger partial charge in [-0.2, -0.15) is 0 Å². The summed E-state index contributed by atoms with van der Waals surface area (Å²) in [5.74, 6) is -1.24. The van der Waals surface area contributed by atoms with Gasteiger partial charge in [0.05, 0.1) is 17.0 Å². The highest BCUT2D eigenvalue weighted by Crippen LogP contribution is 2.25. The van der Waals surface area contributed by atoms with E-state index in [2.05, 4.69) is 10.3 Å². The molecule has 1 aromatic carbocycles. The van der Waals surface area contributed by atoms with E-state index < -0.39 is 23.4 Å². The molecular weight excluding hydrogens is 400 g/mol. The number of hydrogen-bond donors (Lipinski definition) is 1. The molecule has 0 saturated carbocycles. The molecule has 0 aliphatic carbocycles. The monoisotopic (exact) mass is 418 g/mol. The number of carbonyl (C=O) groups is 3. The number of nitrogens with one attached hydrogen (secondary N) is 1. The first kappa shape index (κ1) is 20.4. The van der Waals surface area contributed by atoms with Gasteiger partial charge in [-0.1, -0.05) is 6.07 Å². The van der Waals surface area contributed by atoms with Crippen molar-refractivity contribution in [2.24, 2.45) is 0 Å². The van der Waals surface area contributed by atoms with Crippen LogP contribution in [0.15, 0.2) is 23.6 Å². The second-order valence-corrected chi connectivity index (χ2v) is 7.25. The lowest BCUT2D eigenvalue weighted by molar-refractivity contribution is -0.385. The third-order valence-corrected chi connectivity index (χ3v) is 5.14. The zero-order chi connectivity index (χ0) is 21.0. The lowest BCUT2D eigenvalue weighted by Gasteiger charge is -2.10. The molecule has 10 nitrogen and oxygen atoms in total. The van der Waals surface area contributed by atoms with Crippen LogP contribution in [0.1, 0.15) is 24.1 Å². The van der Waals surface area contributed by atoms with Crippen LogP contribution in [-0.2, 0) is 25.5 Å². The molecule has 29 heavy (non-hydrogen) atoms. The average Bonchev–Trinajstić information content (AvgIpc) is 3.30. The Hall–Kier alpha value is -3.34. The lowest BCUT2D eigenvalue weighted by Crippen LogP contribution is -2.23. The Labute approximate surface area is 169 Å². The number of aromatic nitrogens is 1. The van der Waals surface area contributed by atoms with Crippen LogP contribution in [0.5, 0.6) is 0 Å². The number of amides is 2. The molecule has 11 heteroatoms. The van der Waals surface area contributed by atoms with Crippen LogP contribution in [0.4, 0.5) is 16.5 Å². The quantitative estimate of drug-likeness (QED) is 0.414. The van der Waals surface area contributed by atoms with E-state index in [4.69, 9.17) is 4.74 Å². The predicted octanol–water partition coefficient (Wildman–Crippen LogP) is 2.21. The number of aryl methyl sites for hydroxylation is 1. The van der Waals surface area contributed by atoms with Gasteiger partial charge in [0.15, 0.2) is 11.7 Å². The number of thiazole rings is 1. The first-order chi connectivity index (χ1) is 13.8. The number of esters is 1. The molecule has 1 aromatic heterocycles. The topological polar surface area (TPSA) is 132 Å². The van der Waals surface area contributed by atoms with Gasteiger partial charge in [-0.15, -0.1) is 11.3 Å². The van der Waals surface area contributed by atoms with Crippen molar-refractivity contribution < 1.29 is 24.0 Å². The molecule has 152 valence electrons. The molecule has 1 N–H and O–H groups in total. The Morgan fingerprint density at radius 2 is 2.21 bits per heavy atom. The van der Waals surface area contributed by atoms with E-state index in [1.54, 1.807) is 17.2 Å². The first-order valence-corrected chi connectivity index (χ1v) is 9.66. The Morgan fingerprint density at radius 3 is 2.90 bits per heavy atom. The molecule has 1 saturated heterocycles. The predicted molar refractivity (Wildman–Crippen MR) is 105 cm³/mol. The zero-order valence-electron chi connectivity index (χ0n) is 15.5. The second kappa shape index (κ2) is 8.78. The largest absolute Gasteiger partial charge is 0.455 e. The highest BCUT2D eigenvalue weighted by molar-refractivity contribution is 7.14. The smallest absolute Gasteiger partial charge is 0.312 e. The van der Waals surface area contributed by atoms with E-state index >= 15 is 0 Å².